The number of thiophene rings is 1. The zero-order valence-corrected chi connectivity index (χ0v) is 17.3. The van der Waals surface area contributed by atoms with Gasteiger partial charge in [0.2, 0.25) is 11.7 Å². The van der Waals surface area contributed by atoms with Gasteiger partial charge in [-0.05, 0) is 42.6 Å². The summed E-state index contributed by atoms with van der Waals surface area (Å²) in [5.41, 5.74) is 0. The molecule has 6 nitrogen and oxygen atoms in total. The minimum Gasteiger partial charge on any atom is -0.492 e. The average Bonchev–Trinajstić information content (AvgIpc) is 3.41. The van der Waals surface area contributed by atoms with Crippen molar-refractivity contribution in [1.29, 1.82) is 0 Å². The summed E-state index contributed by atoms with van der Waals surface area (Å²) < 4.78 is 11.3. The Labute approximate surface area is 173 Å². The van der Waals surface area contributed by atoms with Crippen molar-refractivity contribution < 1.29 is 9.26 Å². The van der Waals surface area contributed by atoms with Crippen LogP contribution in [-0.4, -0.2) is 59.3 Å². The minimum absolute atomic E-state index is 0.119. The lowest BCUT2D eigenvalue weighted by Gasteiger charge is -2.36. The second kappa shape index (κ2) is 9.05. The molecule has 2 aromatic heterocycles. The van der Waals surface area contributed by atoms with Crippen molar-refractivity contribution >= 4 is 22.9 Å². The third kappa shape index (κ3) is 4.72. The van der Waals surface area contributed by atoms with Crippen LogP contribution in [0.2, 0.25) is 5.02 Å². The fraction of sp³-hybridized carbons (Fsp3) is 0.400. The third-order valence-corrected chi connectivity index (χ3v) is 6.10. The second-order valence-electron chi connectivity index (χ2n) is 6.79. The molecule has 8 heteroatoms. The van der Waals surface area contributed by atoms with Gasteiger partial charge in [0.05, 0.1) is 10.9 Å². The smallest absolute Gasteiger partial charge is 0.244 e. The molecule has 0 aliphatic carbocycles. The Morgan fingerprint density at radius 1 is 1.18 bits per heavy atom. The predicted molar refractivity (Wildman–Crippen MR) is 111 cm³/mol. The quantitative estimate of drug-likeness (QED) is 0.573. The Balaban J connectivity index is 1.23. The Morgan fingerprint density at radius 3 is 2.68 bits per heavy atom. The van der Waals surface area contributed by atoms with E-state index in [2.05, 4.69) is 26.9 Å². The van der Waals surface area contributed by atoms with Gasteiger partial charge in [0, 0.05) is 37.7 Å². The maximum Gasteiger partial charge on any atom is 0.244 e. The fourth-order valence-corrected chi connectivity index (χ4v) is 4.04. The number of halogens is 1. The molecule has 0 radical (unpaired) electrons. The molecule has 1 fully saturated rings. The normalized spacial score (nSPS) is 16.9. The molecule has 0 amide bonds. The van der Waals surface area contributed by atoms with Crippen LogP contribution in [0.4, 0.5) is 0 Å². The van der Waals surface area contributed by atoms with Crippen molar-refractivity contribution in [2.24, 2.45) is 0 Å². The molecule has 28 heavy (non-hydrogen) atoms. The lowest BCUT2D eigenvalue weighted by molar-refractivity contribution is 0.0800. The molecule has 1 unspecified atom stereocenters. The lowest BCUT2D eigenvalue weighted by atomic mass is 10.2. The maximum absolute atomic E-state index is 5.90. The zero-order valence-electron chi connectivity index (χ0n) is 15.8. The first-order valence-corrected chi connectivity index (χ1v) is 10.7. The molecule has 0 N–H and O–H groups in total. The summed E-state index contributed by atoms with van der Waals surface area (Å²) in [5, 5.41) is 6.87. The minimum atomic E-state index is 0.119. The van der Waals surface area contributed by atoms with Crippen LogP contribution in [0.15, 0.2) is 46.3 Å². The van der Waals surface area contributed by atoms with E-state index >= 15 is 0 Å². The molecule has 3 heterocycles. The van der Waals surface area contributed by atoms with Crippen molar-refractivity contribution in [2.45, 2.75) is 13.0 Å². The van der Waals surface area contributed by atoms with E-state index in [-0.39, 0.29) is 6.04 Å². The van der Waals surface area contributed by atoms with Crippen molar-refractivity contribution in [1.82, 2.24) is 19.9 Å². The molecular weight excluding hydrogens is 396 g/mol. The van der Waals surface area contributed by atoms with Crippen molar-refractivity contribution in [3.05, 3.63) is 52.7 Å². The van der Waals surface area contributed by atoms with Gasteiger partial charge in [-0.3, -0.25) is 9.80 Å². The van der Waals surface area contributed by atoms with Crippen LogP contribution in [0.25, 0.3) is 10.7 Å². The fourth-order valence-electron chi connectivity index (χ4n) is 3.26. The molecule has 3 aromatic rings. The summed E-state index contributed by atoms with van der Waals surface area (Å²) in [6.07, 6.45) is 0. The van der Waals surface area contributed by atoms with E-state index in [4.69, 9.17) is 20.9 Å². The summed E-state index contributed by atoms with van der Waals surface area (Å²) in [6.45, 7) is 7.65. The topological polar surface area (TPSA) is 54.6 Å². The monoisotopic (exact) mass is 418 g/mol. The van der Waals surface area contributed by atoms with Crippen LogP contribution in [-0.2, 0) is 0 Å². The van der Waals surface area contributed by atoms with Crippen molar-refractivity contribution in [2.75, 3.05) is 39.3 Å². The van der Waals surface area contributed by atoms with Gasteiger partial charge in [-0.2, -0.15) is 4.98 Å². The highest BCUT2D eigenvalue weighted by Crippen LogP contribution is 2.25. The van der Waals surface area contributed by atoms with Gasteiger partial charge in [0.25, 0.3) is 0 Å². The number of ether oxygens (including phenoxy) is 1. The molecule has 4 rings (SSSR count). The molecule has 0 saturated carbocycles. The van der Waals surface area contributed by atoms with E-state index in [9.17, 15) is 0 Å². The number of piperazine rings is 1. The van der Waals surface area contributed by atoms with Crippen molar-refractivity contribution in [3.63, 3.8) is 0 Å². The average molecular weight is 419 g/mol. The Morgan fingerprint density at radius 2 is 1.96 bits per heavy atom. The number of aromatic nitrogens is 2. The van der Waals surface area contributed by atoms with Gasteiger partial charge in [0.15, 0.2) is 0 Å². The lowest BCUT2D eigenvalue weighted by Crippen LogP contribution is -2.48. The SMILES string of the molecule is CC(c1nc(-c2cccs2)no1)N1CCN(CCOc2ccc(Cl)cc2)CC1. The summed E-state index contributed by atoms with van der Waals surface area (Å²) in [4.78, 5) is 10.4. The van der Waals surface area contributed by atoms with Crippen LogP contribution >= 0.6 is 22.9 Å². The van der Waals surface area contributed by atoms with E-state index in [0.29, 0.717) is 18.3 Å². The first-order chi connectivity index (χ1) is 13.7. The van der Waals surface area contributed by atoms with Gasteiger partial charge in [-0.15, -0.1) is 11.3 Å². The van der Waals surface area contributed by atoms with E-state index in [1.54, 1.807) is 11.3 Å². The largest absolute Gasteiger partial charge is 0.492 e. The Kier molecular flexibility index (Phi) is 6.26. The first kappa shape index (κ1) is 19.4. The molecule has 1 aliphatic rings. The summed E-state index contributed by atoms with van der Waals surface area (Å²) >= 11 is 7.51. The van der Waals surface area contributed by atoms with Crippen molar-refractivity contribution in [3.8, 4) is 16.5 Å². The van der Waals surface area contributed by atoms with Gasteiger partial charge < -0.3 is 9.26 Å². The molecule has 1 aromatic carbocycles. The van der Waals surface area contributed by atoms with Crippen LogP contribution in [0.1, 0.15) is 18.9 Å². The summed E-state index contributed by atoms with van der Waals surface area (Å²) in [7, 11) is 0. The molecule has 1 atom stereocenters. The van der Waals surface area contributed by atoms with Gasteiger partial charge in [0.1, 0.15) is 12.4 Å². The Hall–Kier alpha value is -1.93. The van der Waals surface area contributed by atoms with Gasteiger partial charge >= 0.3 is 0 Å². The number of hydrogen-bond acceptors (Lipinski definition) is 7. The zero-order chi connectivity index (χ0) is 19.3. The molecule has 0 spiro atoms. The molecule has 1 aliphatic heterocycles. The number of hydrogen-bond donors (Lipinski definition) is 0. The molecule has 0 bridgehead atoms. The molecular formula is C20H23ClN4O2S. The van der Waals surface area contributed by atoms with E-state index < -0.39 is 0 Å². The van der Waals surface area contributed by atoms with E-state index in [1.165, 1.54) is 0 Å². The van der Waals surface area contributed by atoms with Gasteiger partial charge in [-0.1, -0.05) is 22.8 Å². The number of nitrogens with zero attached hydrogens (tertiary/aromatic N) is 4. The van der Waals surface area contributed by atoms with Crippen LogP contribution < -0.4 is 4.74 Å². The predicted octanol–water partition coefficient (Wildman–Crippen LogP) is 4.21. The standard InChI is InChI=1S/C20H23ClN4O2S/c1-15(20-22-19(23-27-20)18-3-2-14-28-18)25-10-8-24(9-11-25)12-13-26-17-6-4-16(21)5-7-17/h2-7,14-15H,8-13H2,1H3. The van der Waals surface area contributed by atoms with Crippen LogP contribution in [0, 0.1) is 0 Å². The molecule has 1 saturated heterocycles. The number of rotatable bonds is 7. The number of benzene rings is 1. The van der Waals surface area contributed by atoms with E-state index in [1.807, 2.05) is 41.8 Å². The highest BCUT2D eigenvalue weighted by Gasteiger charge is 2.26. The highest BCUT2D eigenvalue weighted by molar-refractivity contribution is 7.13. The Bertz CT molecular complexity index is 861. The van der Waals surface area contributed by atoms with Gasteiger partial charge in [-0.25, -0.2) is 0 Å². The maximum atomic E-state index is 5.90. The summed E-state index contributed by atoms with van der Waals surface area (Å²) in [5.74, 6) is 2.22. The summed E-state index contributed by atoms with van der Waals surface area (Å²) in [6, 6.07) is 11.6. The van der Waals surface area contributed by atoms with E-state index in [0.717, 1.165) is 48.4 Å². The van der Waals surface area contributed by atoms with Crippen LogP contribution in [0.3, 0.4) is 0 Å². The first-order valence-electron chi connectivity index (χ1n) is 9.41. The second-order valence-corrected chi connectivity index (χ2v) is 8.17. The molecule has 148 valence electrons. The third-order valence-electron chi connectivity index (χ3n) is 4.99. The highest BCUT2D eigenvalue weighted by atomic mass is 35.5. The van der Waals surface area contributed by atoms with Crippen LogP contribution in [0.5, 0.6) is 5.75 Å².